The number of hydrogen-bond acceptors (Lipinski definition) is 4. The fourth-order valence-corrected chi connectivity index (χ4v) is 5.26. The van der Waals surface area contributed by atoms with Crippen LogP contribution in [0.1, 0.15) is 115 Å². The van der Waals surface area contributed by atoms with Crippen LogP contribution in [-0.4, -0.2) is 48.6 Å². The summed E-state index contributed by atoms with van der Waals surface area (Å²) in [5, 5.41) is 9.36. The van der Waals surface area contributed by atoms with E-state index >= 15 is 0 Å². The number of hydrogen-bond donors (Lipinski definition) is 3. The largest absolute Gasteiger partial charge is 0.356 e. The van der Waals surface area contributed by atoms with E-state index in [1.54, 1.807) is 0 Å². The highest BCUT2D eigenvalue weighted by Crippen LogP contribution is 2.21. The van der Waals surface area contributed by atoms with Gasteiger partial charge in [0.05, 0.1) is 6.54 Å². The molecule has 0 unspecified atom stereocenters. The summed E-state index contributed by atoms with van der Waals surface area (Å²) in [6, 6.07) is 10.5. The van der Waals surface area contributed by atoms with Crippen molar-refractivity contribution < 1.29 is 9.59 Å². The highest BCUT2D eigenvalue weighted by Gasteiger charge is 2.11. The minimum atomic E-state index is 0.0867. The molecule has 1 aromatic heterocycles. The summed E-state index contributed by atoms with van der Waals surface area (Å²) < 4.78 is 2.25. The third-order valence-corrected chi connectivity index (χ3v) is 7.90. The molecule has 0 aliphatic heterocycles. The van der Waals surface area contributed by atoms with Crippen molar-refractivity contribution in [1.29, 1.82) is 0 Å². The van der Waals surface area contributed by atoms with Crippen molar-refractivity contribution in [3.63, 3.8) is 0 Å². The predicted octanol–water partition coefficient (Wildman–Crippen LogP) is 7.26. The molecule has 0 bridgehead atoms. The number of fused-ring (bicyclic) bond motifs is 1. The average Bonchev–Trinajstić information content (AvgIpc) is 3.34. The minimum Gasteiger partial charge on any atom is -0.356 e. The fraction of sp³-hybridized carbons (Fsp3) is 0.657. The Morgan fingerprint density at radius 1 is 0.786 bits per heavy atom. The summed E-state index contributed by atoms with van der Waals surface area (Å²) in [6.07, 6.45) is 22.3. The van der Waals surface area contributed by atoms with Gasteiger partial charge in [-0.05, 0) is 75.9 Å². The van der Waals surface area contributed by atoms with Crippen LogP contribution >= 0.6 is 0 Å². The number of aromatic nitrogens is 1. The van der Waals surface area contributed by atoms with E-state index in [9.17, 15) is 9.59 Å². The Hall–Kier alpha value is -2.64. The molecule has 3 N–H and O–H groups in total. The van der Waals surface area contributed by atoms with E-state index < -0.39 is 0 Å². The Balaban J connectivity index is 1.44. The topological polar surface area (TPSA) is 78.4 Å². The first-order chi connectivity index (χ1) is 20.5. The van der Waals surface area contributed by atoms with E-state index in [1.807, 2.05) is 25.2 Å². The van der Waals surface area contributed by atoms with E-state index in [2.05, 4.69) is 64.0 Å². The van der Waals surface area contributed by atoms with Gasteiger partial charge in [-0.25, -0.2) is 5.01 Å². The van der Waals surface area contributed by atoms with E-state index in [-0.39, 0.29) is 11.8 Å². The molecular formula is C35H59N5O2. The summed E-state index contributed by atoms with van der Waals surface area (Å²) in [5.74, 6) is 0.262. The van der Waals surface area contributed by atoms with Crippen LogP contribution in [0.5, 0.6) is 0 Å². The third-order valence-electron chi connectivity index (χ3n) is 7.90. The highest BCUT2D eigenvalue weighted by atomic mass is 16.2. The lowest BCUT2D eigenvalue weighted by molar-refractivity contribution is -0.122. The number of carbonyl (C=O) groups is 2. The second-order valence-corrected chi connectivity index (χ2v) is 11.6. The van der Waals surface area contributed by atoms with Crippen LogP contribution in [0.15, 0.2) is 42.5 Å². The lowest BCUT2D eigenvalue weighted by atomic mass is 10.1. The number of nitrogens with one attached hydrogen (secondary N) is 3. The van der Waals surface area contributed by atoms with Crippen LogP contribution < -0.4 is 16.1 Å². The van der Waals surface area contributed by atoms with Gasteiger partial charge in [0.2, 0.25) is 11.8 Å². The maximum atomic E-state index is 12.5. The molecule has 1 heterocycles. The van der Waals surface area contributed by atoms with Crippen molar-refractivity contribution in [1.82, 2.24) is 25.6 Å². The Kier molecular flexibility index (Phi) is 19.4. The first-order valence-corrected chi connectivity index (χ1v) is 16.7. The van der Waals surface area contributed by atoms with Gasteiger partial charge in [-0.2, -0.15) is 0 Å². The highest BCUT2D eigenvalue weighted by molar-refractivity contribution is 5.82. The molecule has 7 nitrogen and oxygen atoms in total. The van der Waals surface area contributed by atoms with Crippen molar-refractivity contribution in [2.75, 3.05) is 27.2 Å². The van der Waals surface area contributed by atoms with Gasteiger partial charge in [0.1, 0.15) is 0 Å². The van der Waals surface area contributed by atoms with Crippen LogP contribution in [0.25, 0.3) is 10.9 Å². The molecule has 0 saturated carbocycles. The molecule has 236 valence electrons. The fourth-order valence-electron chi connectivity index (χ4n) is 5.26. The van der Waals surface area contributed by atoms with Crippen molar-refractivity contribution in [3.05, 3.63) is 48.2 Å². The van der Waals surface area contributed by atoms with Gasteiger partial charge in [-0.3, -0.25) is 15.0 Å². The molecule has 1 aromatic carbocycles. The molecule has 42 heavy (non-hydrogen) atoms. The second kappa shape index (κ2) is 22.9. The number of allylic oxidation sites excluding steroid dienone is 2. The van der Waals surface area contributed by atoms with Gasteiger partial charge in [0.15, 0.2) is 0 Å². The van der Waals surface area contributed by atoms with E-state index in [0.29, 0.717) is 25.9 Å². The lowest BCUT2D eigenvalue weighted by Gasteiger charge is -2.17. The first-order valence-electron chi connectivity index (χ1n) is 16.7. The normalized spacial score (nSPS) is 11.6. The van der Waals surface area contributed by atoms with Crippen LogP contribution in [0.3, 0.4) is 0 Å². The minimum absolute atomic E-state index is 0.0867. The zero-order valence-electron chi connectivity index (χ0n) is 26.9. The molecule has 0 fully saturated rings. The van der Waals surface area contributed by atoms with Crippen molar-refractivity contribution in [2.24, 2.45) is 0 Å². The Morgan fingerprint density at radius 2 is 1.38 bits per heavy atom. The monoisotopic (exact) mass is 581 g/mol. The van der Waals surface area contributed by atoms with Gasteiger partial charge in [-0.15, -0.1) is 0 Å². The molecule has 0 aliphatic carbocycles. The first kappa shape index (κ1) is 35.6. The number of carbonyl (C=O) groups excluding carboxylic acids is 2. The molecule has 0 aliphatic rings. The van der Waals surface area contributed by atoms with E-state index in [0.717, 1.165) is 45.2 Å². The Morgan fingerprint density at radius 3 is 2.07 bits per heavy atom. The van der Waals surface area contributed by atoms with Gasteiger partial charge in [-0.1, -0.05) is 75.8 Å². The average molecular weight is 582 g/mol. The molecule has 0 atom stereocenters. The number of aryl methyl sites for hydroxylation is 1. The number of unbranched alkanes of at least 4 members (excludes halogenated alkanes) is 11. The van der Waals surface area contributed by atoms with Gasteiger partial charge in [0.25, 0.3) is 0 Å². The number of amides is 2. The molecule has 2 amide bonds. The predicted molar refractivity (Wildman–Crippen MR) is 177 cm³/mol. The standard InChI is InChI=1S/C35H59N5O2/c1-4-5-6-7-8-9-10-11-12-13-14-15-17-24-34(41)37-26-20-16-21-27-38-35(42)25-28-40-32(30-39(3)36-2)29-31-22-18-19-23-33(31)40/h8-9,18-19,22-23,29,36H,4-7,10-17,20-21,24-28,30H2,1-3H3,(H,37,41)(H,38,42)/b9-8-. The van der Waals surface area contributed by atoms with Gasteiger partial charge < -0.3 is 15.2 Å². The smallest absolute Gasteiger partial charge is 0.221 e. The molecule has 0 saturated heterocycles. The summed E-state index contributed by atoms with van der Waals surface area (Å²) >= 11 is 0. The second-order valence-electron chi connectivity index (χ2n) is 11.6. The SMILES string of the molecule is CCCCC/C=C\CCCCCCCCC(=O)NCCCCCNC(=O)CCn1c(CN(C)NC)cc2ccccc21. The number of rotatable bonds is 25. The third kappa shape index (κ3) is 15.5. The Labute approximate surface area is 255 Å². The summed E-state index contributed by atoms with van der Waals surface area (Å²) in [4.78, 5) is 24.6. The van der Waals surface area contributed by atoms with Crippen molar-refractivity contribution >= 4 is 22.7 Å². The lowest BCUT2D eigenvalue weighted by Crippen LogP contribution is -2.31. The van der Waals surface area contributed by atoms with Crippen LogP contribution in [0.4, 0.5) is 0 Å². The molecule has 2 aromatic rings. The number of benzene rings is 1. The molecule has 0 spiro atoms. The van der Waals surface area contributed by atoms with Crippen molar-refractivity contribution in [2.45, 2.75) is 123 Å². The number of para-hydroxylation sites is 1. The number of hydrazine groups is 1. The quantitative estimate of drug-likeness (QED) is 0.0655. The van der Waals surface area contributed by atoms with Gasteiger partial charge in [0, 0.05) is 50.7 Å². The van der Waals surface area contributed by atoms with E-state index in [1.165, 1.54) is 74.4 Å². The van der Waals surface area contributed by atoms with Crippen molar-refractivity contribution in [3.8, 4) is 0 Å². The maximum absolute atomic E-state index is 12.5. The van der Waals surface area contributed by atoms with Crippen LogP contribution in [0.2, 0.25) is 0 Å². The molecule has 7 heteroatoms. The number of nitrogens with zero attached hydrogens (tertiary/aromatic N) is 2. The zero-order chi connectivity index (χ0) is 30.3. The van der Waals surface area contributed by atoms with Gasteiger partial charge >= 0.3 is 0 Å². The van der Waals surface area contributed by atoms with Crippen LogP contribution in [-0.2, 0) is 22.7 Å². The summed E-state index contributed by atoms with van der Waals surface area (Å²) in [6.45, 7) is 5.09. The molecule has 0 radical (unpaired) electrons. The summed E-state index contributed by atoms with van der Waals surface area (Å²) in [7, 11) is 3.92. The maximum Gasteiger partial charge on any atom is 0.221 e. The summed E-state index contributed by atoms with van der Waals surface area (Å²) in [5.41, 5.74) is 5.50. The molecule has 2 rings (SSSR count). The Bertz CT molecular complexity index is 1030. The zero-order valence-corrected chi connectivity index (χ0v) is 26.9. The van der Waals surface area contributed by atoms with E-state index in [4.69, 9.17) is 0 Å². The molecular weight excluding hydrogens is 522 g/mol. The van der Waals surface area contributed by atoms with Crippen LogP contribution in [0, 0.1) is 0 Å².